The van der Waals surface area contributed by atoms with Gasteiger partial charge in [-0.1, -0.05) is 12.1 Å². The highest BCUT2D eigenvalue weighted by Gasteiger charge is 2.40. The fourth-order valence-corrected chi connectivity index (χ4v) is 3.38. The number of esters is 1. The van der Waals surface area contributed by atoms with E-state index in [-0.39, 0.29) is 22.3 Å². The first-order valence-electron chi connectivity index (χ1n) is 9.26. The first-order chi connectivity index (χ1) is 14.8. The van der Waals surface area contributed by atoms with Crippen molar-refractivity contribution in [2.45, 2.75) is 13.0 Å². The molecule has 1 aliphatic heterocycles. The maximum Gasteiger partial charge on any atom is 0.351 e. The molecule has 0 bridgehead atoms. The van der Waals surface area contributed by atoms with E-state index in [1.807, 2.05) is 0 Å². The maximum atomic E-state index is 12.7. The molecule has 0 spiro atoms. The molecule has 9 nitrogen and oxygen atoms in total. The number of rotatable bonds is 4. The molecule has 4 rings (SSSR count). The number of methoxy groups -OCH3 is 1. The van der Waals surface area contributed by atoms with Crippen molar-refractivity contribution in [3.05, 3.63) is 75.6 Å². The molecule has 156 valence electrons. The van der Waals surface area contributed by atoms with Gasteiger partial charge >= 0.3 is 11.6 Å². The van der Waals surface area contributed by atoms with Crippen LogP contribution in [0.3, 0.4) is 0 Å². The Bertz CT molecular complexity index is 1290. The zero-order valence-corrected chi connectivity index (χ0v) is 16.5. The standard InChI is InChI=1S/C22H16N2O7/c1-11(24-19(26)14-5-3-4-6-15(14)20(24)27)18(25)23-13-7-8-17-12(9-13)10-16(21(28)30-2)22(29)31-17/h3-11H,1-2H3,(H,23,25)/t11-/m0/s1. The third-order valence-corrected chi connectivity index (χ3v) is 5.00. The van der Waals surface area contributed by atoms with Gasteiger partial charge < -0.3 is 14.5 Å². The summed E-state index contributed by atoms with van der Waals surface area (Å²) in [6.07, 6.45) is 0. The Morgan fingerprint density at radius 2 is 1.65 bits per heavy atom. The first-order valence-corrected chi connectivity index (χ1v) is 9.26. The summed E-state index contributed by atoms with van der Waals surface area (Å²) in [5.41, 5.74) is -0.0747. The summed E-state index contributed by atoms with van der Waals surface area (Å²) in [5, 5.41) is 3.02. The van der Waals surface area contributed by atoms with E-state index in [0.717, 1.165) is 12.0 Å². The number of hydrogen-bond donors (Lipinski definition) is 1. The van der Waals surface area contributed by atoms with Gasteiger partial charge in [0.2, 0.25) is 5.91 Å². The molecule has 0 saturated heterocycles. The number of amides is 3. The molecule has 2 heterocycles. The van der Waals surface area contributed by atoms with Crippen LogP contribution in [-0.4, -0.2) is 41.7 Å². The number of ether oxygens (including phenoxy) is 1. The Labute approximate surface area is 175 Å². The van der Waals surface area contributed by atoms with E-state index in [1.54, 1.807) is 12.1 Å². The third kappa shape index (κ3) is 3.35. The SMILES string of the molecule is COC(=O)c1cc2cc(NC(=O)[C@H](C)N3C(=O)c4ccccc4C3=O)ccc2oc1=O. The molecule has 31 heavy (non-hydrogen) atoms. The van der Waals surface area contributed by atoms with Gasteiger partial charge in [-0.15, -0.1) is 0 Å². The van der Waals surface area contributed by atoms with Crippen molar-refractivity contribution in [2.24, 2.45) is 0 Å². The number of imide groups is 1. The molecule has 0 unspecified atom stereocenters. The number of nitrogens with one attached hydrogen (secondary N) is 1. The molecule has 1 atom stereocenters. The number of anilines is 1. The Morgan fingerprint density at radius 1 is 1.00 bits per heavy atom. The van der Waals surface area contributed by atoms with Gasteiger partial charge in [-0.3, -0.25) is 19.3 Å². The van der Waals surface area contributed by atoms with Gasteiger partial charge in [0.25, 0.3) is 11.8 Å². The quantitative estimate of drug-likeness (QED) is 0.390. The molecular weight excluding hydrogens is 404 g/mol. The average Bonchev–Trinajstić information content (AvgIpc) is 3.02. The topological polar surface area (TPSA) is 123 Å². The summed E-state index contributed by atoms with van der Waals surface area (Å²) in [4.78, 5) is 62.4. The van der Waals surface area contributed by atoms with Crippen molar-refractivity contribution < 1.29 is 28.3 Å². The Morgan fingerprint density at radius 3 is 2.26 bits per heavy atom. The van der Waals surface area contributed by atoms with Crippen LogP contribution in [0.4, 0.5) is 5.69 Å². The lowest BCUT2D eigenvalue weighted by molar-refractivity contribution is -0.119. The molecule has 0 saturated carbocycles. The monoisotopic (exact) mass is 420 g/mol. The van der Waals surface area contributed by atoms with E-state index in [1.165, 1.54) is 43.3 Å². The number of carbonyl (C=O) groups is 4. The second kappa shape index (κ2) is 7.52. The van der Waals surface area contributed by atoms with Crippen LogP contribution in [0.25, 0.3) is 11.0 Å². The second-order valence-electron chi connectivity index (χ2n) is 6.88. The molecule has 9 heteroatoms. The van der Waals surface area contributed by atoms with Gasteiger partial charge in [0.1, 0.15) is 17.2 Å². The summed E-state index contributed by atoms with van der Waals surface area (Å²) >= 11 is 0. The van der Waals surface area contributed by atoms with Crippen LogP contribution in [0, 0.1) is 0 Å². The predicted octanol–water partition coefficient (Wildman–Crippen LogP) is 2.20. The third-order valence-electron chi connectivity index (χ3n) is 5.00. The van der Waals surface area contributed by atoms with Crippen molar-refractivity contribution in [1.82, 2.24) is 4.90 Å². The maximum absolute atomic E-state index is 12.7. The van der Waals surface area contributed by atoms with E-state index in [0.29, 0.717) is 11.1 Å². The van der Waals surface area contributed by atoms with E-state index in [2.05, 4.69) is 10.1 Å². The number of fused-ring (bicyclic) bond motifs is 2. The Balaban J connectivity index is 1.59. The van der Waals surface area contributed by atoms with Gasteiger partial charge in [-0.05, 0) is 43.3 Å². The fourth-order valence-electron chi connectivity index (χ4n) is 3.38. The van der Waals surface area contributed by atoms with Gasteiger partial charge in [0.05, 0.1) is 18.2 Å². The lowest BCUT2D eigenvalue weighted by Crippen LogP contribution is -2.45. The van der Waals surface area contributed by atoms with Crippen molar-refractivity contribution >= 4 is 40.3 Å². The number of nitrogens with zero attached hydrogens (tertiary/aromatic N) is 1. The minimum atomic E-state index is -1.07. The lowest BCUT2D eigenvalue weighted by Gasteiger charge is -2.21. The van der Waals surface area contributed by atoms with Crippen molar-refractivity contribution in [3.63, 3.8) is 0 Å². The zero-order valence-electron chi connectivity index (χ0n) is 16.5. The molecular formula is C22H16N2O7. The summed E-state index contributed by atoms with van der Waals surface area (Å²) in [7, 11) is 1.14. The molecule has 0 fully saturated rings. The summed E-state index contributed by atoms with van der Waals surface area (Å²) in [6, 6.07) is 11.1. The number of benzene rings is 2. The Kier molecular flexibility index (Phi) is 4.86. The van der Waals surface area contributed by atoms with Crippen molar-refractivity contribution in [2.75, 3.05) is 12.4 Å². The molecule has 0 aliphatic carbocycles. The van der Waals surface area contributed by atoms with Gasteiger partial charge in [0, 0.05) is 11.1 Å². The molecule has 0 radical (unpaired) electrons. The van der Waals surface area contributed by atoms with Crippen molar-refractivity contribution in [3.8, 4) is 0 Å². The van der Waals surface area contributed by atoms with E-state index in [4.69, 9.17) is 4.42 Å². The van der Waals surface area contributed by atoms with Gasteiger partial charge in [0.15, 0.2) is 0 Å². The highest BCUT2D eigenvalue weighted by molar-refractivity contribution is 6.23. The van der Waals surface area contributed by atoms with Gasteiger partial charge in [-0.2, -0.15) is 0 Å². The lowest BCUT2D eigenvalue weighted by atomic mass is 10.1. The van der Waals surface area contributed by atoms with Crippen LogP contribution in [-0.2, 0) is 9.53 Å². The van der Waals surface area contributed by atoms with Gasteiger partial charge in [-0.25, -0.2) is 9.59 Å². The van der Waals surface area contributed by atoms with Crippen LogP contribution < -0.4 is 10.9 Å². The highest BCUT2D eigenvalue weighted by atomic mass is 16.5. The largest absolute Gasteiger partial charge is 0.465 e. The summed E-state index contributed by atoms with van der Waals surface area (Å²) in [5.74, 6) is -2.50. The first kappa shape index (κ1) is 20.0. The molecule has 1 N–H and O–H groups in total. The van der Waals surface area contributed by atoms with Crippen LogP contribution in [0.5, 0.6) is 0 Å². The normalized spacial score (nSPS) is 13.8. The van der Waals surface area contributed by atoms with Crippen LogP contribution in [0.1, 0.15) is 38.0 Å². The van der Waals surface area contributed by atoms with E-state index in [9.17, 15) is 24.0 Å². The minimum absolute atomic E-state index is 0.212. The van der Waals surface area contributed by atoms with Crippen LogP contribution in [0.2, 0.25) is 0 Å². The summed E-state index contributed by atoms with van der Waals surface area (Å²) < 4.78 is 9.66. The number of carbonyl (C=O) groups excluding carboxylic acids is 4. The smallest absolute Gasteiger partial charge is 0.351 e. The fraction of sp³-hybridized carbons (Fsp3) is 0.136. The highest BCUT2D eigenvalue weighted by Crippen LogP contribution is 2.25. The van der Waals surface area contributed by atoms with Crippen LogP contribution in [0.15, 0.2) is 57.7 Å². The Hall–Kier alpha value is -4.27. The van der Waals surface area contributed by atoms with Crippen molar-refractivity contribution in [1.29, 1.82) is 0 Å². The van der Waals surface area contributed by atoms with E-state index >= 15 is 0 Å². The number of hydrogen-bond acceptors (Lipinski definition) is 7. The summed E-state index contributed by atoms with van der Waals surface area (Å²) in [6.45, 7) is 1.45. The second-order valence-corrected chi connectivity index (χ2v) is 6.88. The van der Waals surface area contributed by atoms with E-state index < -0.39 is 35.4 Å². The molecule has 2 aromatic carbocycles. The molecule has 3 amide bonds. The average molecular weight is 420 g/mol. The molecule has 1 aromatic heterocycles. The minimum Gasteiger partial charge on any atom is -0.465 e. The molecule has 3 aromatic rings. The predicted molar refractivity (Wildman–Crippen MR) is 109 cm³/mol. The van der Waals surface area contributed by atoms with Crippen LogP contribution >= 0.6 is 0 Å². The molecule has 1 aliphatic rings. The zero-order chi connectivity index (χ0) is 22.3.